The summed E-state index contributed by atoms with van der Waals surface area (Å²) in [6.07, 6.45) is 4.69. The molecule has 0 aliphatic rings. The minimum atomic E-state index is -0.473. The average Bonchev–Trinajstić information content (AvgIpc) is 2.55. The molecule has 1 heterocycles. The summed E-state index contributed by atoms with van der Waals surface area (Å²) in [5.41, 5.74) is 1.65. The summed E-state index contributed by atoms with van der Waals surface area (Å²) in [5, 5.41) is 5.95. The number of benzene rings is 1. The molecule has 4 nitrogen and oxygen atoms in total. The Balaban J connectivity index is 2.01. The molecular weight excluding hydrogens is 317 g/mol. The van der Waals surface area contributed by atoms with Crippen LogP contribution in [0, 0.1) is 5.82 Å². The van der Waals surface area contributed by atoms with E-state index in [1.54, 1.807) is 24.4 Å². The normalized spacial score (nSPS) is 10.4. The average molecular weight is 336 g/mol. The fourth-order valence-corrected chi connectivity index (χ4v) is 2.22. The maximum Gasteiger partial charge on any atom is 0.269 e. The summed E-state index contributed by atoms with van der Waals surface area (Å²) in [7, 11) is 0. The van der Waals surface area contributed by atoms with E-state index in [0.717, 1.165) is 19.3 Å². The molecule has 1 amide bonds. The zero-order valence-corrected chi connectivity index (χ0v) is 13.7. The summed E-state index contributed by atoms with van der Waals surface area (Å²) in [6.45, 7) is 2.75. The first-order valence-electron chi connectivity index (χ1n) is 7.56. The van der Waals surface area contributed by atoms with Gasteiger partial charge in [-0.15, -0.1) is 0 Å². The van der Waals surface area contributed by atoms with Crippen molar-refractivity contribution in [3.05, 3.63) is 53.1 Å². The molecule has 122 valence electrons. The highest BCUT2D eigenvalue weighted by molar-refractivity contribution is 6.31. The van der Waals surface area contributed by atoms with Crippen molar-refractivity contribution in [3.63, 3.8) is 0 Å². The predicted molar refractivity (Wildman–Crippen MR) is 90.8 cm³/mol. The number of carbonyl (C=O) groups excluding carboxylic acids is 1. The Morgan fingerprint density at radius 2 is 2.00 bits per heavy atom. The number of unbranched alkanes of at least 4 members (excludes halogenated alkanes) is 2. The highest BCUT2D eigenvalue weighted by atomic mass is 35.5. The highest BCUT2D eigenvalue weighted by Gasteiger charge is 2.08. The molecule has 0 bridgehead atoms. The summed E-state index contributed by atoms with van der Waals surface area (Å²) in [4.78, 5) is 16.1. The lowest BCUT2D eigenvalue weighted by Crippen LogP contribution is -2.25. The molecule has 2 N–H and O–H groups in total. The van der Waals surface area contributed by atoms with Crippen molar-refractivity contribution in [1.29, 1.82) is 0 Å². The number of pyridine rings is 1. The molecule has 1 aromatic heterocycles. The SMILES string of the molecule is CCCCCNC(=O)c1cc(Nc2ccc(F)c(Cl)c2)ccn1. The van der Waals surface area contributed by atoms with E-state index < -0.39 is 5.82 Å². The summed E-state index contributed by atoms with van der Waals surface area (Å²) < 4.78 is 13.2. The molecule has 1 aromatic carbocycles. The molecule has 0 atom stereocenters. The summed E-state index contributed by atoms with van der Waals surface area (Å²) >= 11 is 5.75. The second-order valence-corrected chi connectivity index (χ2v) is 5.55. The zero-order valence-electron chi connectivity index (χ0n) is 12.9. The number of halogens is 2. The van der Waals surface area contributed by atoms with Crippen molar-refractivity contribution in [1.82, 2.24) is 10.3 Å². The van der Waals surface area contributed by atoms with Crippen molar-refractivity contribution in [3.8, 4) is 0 Å². The largest absolute Gasteiger partial charge is 0.355 e. The summed E-state index contributed by atoms with van der Waals surface area (Å²) in [6, 6.07) is 7.72. The molecule has 0 aliphatic heterocycles. The van der Waals surface area contributed by atoms with Gasteiger partial charge in [-0.25, -0.2) is 4.39 Å². The first kappa shape index (κ1) is 17.2. The Morgan fingerprint density at radius 1 is 1.22 bits per heavy atom. The van der Waals surface area contributed by atoms with Gasteiger partial charge in [0.1, 0.15) is 11.5 Å². The van der Waals surface area contributed by atoms with Crippen LogP contribution in [0.3, 0.4) is 0 Å². The molecule has 0 unspecified atom stereocenters. The lowest BCUT2D eigenvalue weighted by molar-refractivity contribution is 0.0948. The van der Waals surface area contributed by atoms with Crippen LogP contribution in [0.15, 0.2) is 36.5 Å². The molecule has 0 radical (unpaired) electrons. The number of rotatable bonds is 7. The zero-order chi connectivity index (χ0) is 16.7. The number of amides is 1. The summed E-state index contributed by atoms with van der Waals surface area (Å²) in [5.74, 6) is -0.680. The number of hydrogen-bond donors (Lipinski definition) is 2. The van der Waals surface area contributed by atoms with Crippen LogP contribution in [-0.4, -0.2) is 17.4 Å². The van der Waals surface area contributed by atoms with E-state index in [9.17, 15) is 9.18 Å². The molecule has 23 heavy (non-hydrogen) atoms. The van der Waals surface area contributed by atoms with Crippen LogP contribution in [0.25, 0.3) is 0 Å². The molecule has 2 aromatic rings. The van der Waals surface area contributed by atoms with Crippen molar-refractivity contribution >= 4 is 28.9 Å². The molecule has 0 aliphatic carbocycles. The number of anilines is 2. The Hall–Kier alpha value is -2.14. The monoisotopic (exact) mass is 335 g/mol. The van der Waals surface area contributed by atoms with Crippen LogP contribution in [-0.2, 0) is 0 Å². The third kappa shape index (κ3) is 5.21. The van der Waals surface area contributed by atoms with Crippen LogP contribution < -0.4 is 10.6 Å². The van der Waals surface area contributed by atoms with Gasteiger partial charge in [0.2, 0.25) is 0 Å². The highest BCUT2D eigenvalue weighted by Crippen LogP contribution is 2.22. The van der Waals surface area contributed by atoms with Crippen LogP contribution in [0.1, 0.15) is 36.7 Å². The van der Waals surface area contributed by atoms with E-state index in [1.807, 2.05) is 0 Å². The fraction of sp³-hybridized carbons (Fsp3) is 0.294. The third-order valence-electron chi connectivity index (χ3n) is 3.27. The van der Waals surface area contributed by atoms with Gasteiger partial charge in [-0.2, -0.15) is 0 Å². The van der Waals surface area contributed by atoms with E-state index >= 15 is 0 Å². The Labute approximate surface area is 140 Å². The van der Waals surface area contributed by atoms with Crippen LogP contribution in [0.5, 0.6) is 0 Å². The van der Waals surface area contributed by atoms with Gasteiger partial charge in [-0.3, -0.25) is 9.78 Å². The molecule has 2 rings (SSSR count). The lowest BCUT2D eigenvalue weighted by atomic mass is 10.2. The molecule has 0 saturated carbocycles. The van der Waals surface area contributed by atoms with Crippen LogP contribution in [0.4, 0.5) is 15.8 Å². The molecular formula is C17H19ClFN3O. The van der Waals surface area contributed by atoms with Gasteiger partial charge in [0.25, 0.3) is 5.91 Å². The van der Waals surface area contributed by atoms with Crippen molar-refractivity contribution < 1.29 is 9.18 Å². The fourth-order valence-electron chi connectivity index (χ4n) is 2.04. The molecule has 0 saturated heterocycles. The van der Waals surface area contributed by atoms with Crippen LogP contribution in [0.2, 0.25) is 5.02 Å². The van der Waals surface area contributed by atoms with Gasteiger partial charge >= 0.3 is 0 Å². The number of aromatic nitrogens is 1. The maximum atomic E-state index is 13.2. The third-order valence-corrected chi connectivity index (χ3v) is 3.56. The number of hydrogen-bond acceptors (Lipinski definition) is 3. The Morgan fingerprint density at radius 3 is 2.74 bits per heavy atom. The van der Waals surface area contributed by atoms with E-state index in [2.05, 4.69) is 22.5 Å². The minimum absolute atomic E-state index is 0.0398. The standard InChI is InChI=1S/C17H19ClFN3O/c1-2-3-4-8-21-17(23)16-11-13(7-9-20-16)22-12-5-6-15(19)14(18)10-12/h5-7,9-11H,2-4,8H2,1H3,(H,20,22)(H,21,23). The van der Waals surface area contributed by atoms with Gasteiger partial charge in [0.15, 0.2) is 0 Å². The van der Waals surface area contributed by atoms with Gasteiger partial charge in [0.05, 0.1) is 5.02 Å². The smallest absolute Gasteiger partial charge is 0.269 e. The van der Waals surface area contributed by atoms with Gasteiger partial charge in [-0.05, 0) is 36.8 Å². The predicted octanol–water partition coefficient (Wildman–Crippen LogP) is 4.54. The van der Waals surface area contributed by atoms with Crippen molar-refractivity contribution in [2.75, 3.05) is 11.9 Å². The maximum absolute atomic E-state index is 13.2. The van der Waals surface area contributed by atoms with E-state index in [1.165, 1.54) is 12.1 Å². The second-order valence-electron chi connectivity index (χ2n) is 5.15. The number of nitrogens with one attached hydrogen (secondary N) is 2. The van der Waals surface area contributed by atoms with Gasteiger partial charge in [-0.1, -0.05) is 31.4 Å². The van der Waals surface area contributed by atoms with E-state index in [0.29, 0.717) is 23.6 Å². The Bertz CT molecular complexity index is 679. The minimum Gasteiger partial charge on any atom is -0.355 e. The first-order valence-corrected chi connectivity index (χ1v) is 7.94. The van der Waals surface area contributed by atoms with Gasteiger partial charge in [0, 0.05) is 24.1 Å². The quantitative estimate of drug-likeness (QED) is 0.730. The Kier molecular flexibility index (Phi) is 6.35. The van der Waals surface area contributed by atoms with E-state index in [4.69, 9.17) is 11.6 Å². The molecule has 0 fully saturated rings. The van der Waals surface area contributed by atoms with Crippen molar-refractivity contribution in [2.45, 2.75) is 26.2 Å². The first-order chi connectivity index (χ1) is 11.1. The second kappa shape index (κ2) is 8.48. The lowest BCUT2D eigenvalue weighted by Gasteiger charge is -2.09. The number of carbonyl (C=O) groups is 1. The topological polar surface area (TPSA) is 54.0 Å². The molecule has 0 spiro atoms. The van der Waals surface area contributed by atoms with Gasteiger partial charge < -0.3 is 10.6 Å². The van der Waals surface area contributed by atoms with Crippen LogP contribution >= 0.6 is 11.6 Å². The molecule has 6 heteroatoms. The van der Waals surface area contributed by atoms with E-state index in [-0.39, 0.29) is 10.9 Å². The van der Waals surface area contributed by atoms with Crippen molar-refractivity contribution in [2.24, 2.45) is 0 Å². The number of nitrogens with zero attached hydrogens (tertiary/aromatic N) is 1.